The number of fused-ring (bicyclic) bond motifs is 3. The summed E-state index contributed by atoms with van der Waals surface area (Å²) < 4.78 is 0.835. The number of carbonyl (C=O) groups excluding carboxylic acids is 1. The van der Waals surface area contributed by atoms with Crippen molar-refractivity contribution in [2.24, 2.45) is 0 Å². The summed E-state index contributed by atoms with van der Waals surface area (Å²) in [5.41, 5.74) is 4.33. The molecule has 1 unspecified atom stereocenters. The van der Waals surface area contributed by atoms with E-state index < -0.39 is 0 Å². The van der Waals surface area contributed by atoms with E-state index in [1.165, 1.54) is 11.1 Å². The molecule has 0 spiro atoms. The van der Waals surface area contributed by atoms with Gasteiger partial charge in [-0.3, -0.25) is 4.79 Å². The van der Waals surface area contributed by atoms with Gasteiger partial charge in [-0.25, -0.2) is 0 Å². The highest BCUT2D eigenvalue weighted by Crippen LogP contribution is 2.39. The van der Waals surface area contributed by atoms with Gasteiger partial charge in [0, 0.05) is 9.99 Å². The molecule has 0 heterocycles. The number of hydrogen-bond donors (Lipinski definition) is 0. The second-order valence-electron chi connectivity index (χ2n) is 4.20. The largest absolute Gasteiger partial charge is 0.293 e. The fraction of sp³-hybridized carbons (Fsp3) is 0.133. The summed E-state index contributed by atoms with van der Waals surface area (Å²) in [7, 11) is 0. The Kier molecular flexibility index (Phi) is 2.74. The minimum Gasteiger partial charge on any atom is -0.293 e. The van der Waals surface area contributed by atoms with Crippen molar-refractivity contribution < 1.29 is 4.79 Å². The van der Waals surface area contributed by atoms with Crippen LogP contribution < -0.4 is 0 Å². The molecule has 1 aliphatic rings. The standard InChI is InChI=1S/C15H11IO/c16-9-14-12-7-2-1-5-10(12)11-6-3-4-8-13(11)15(14)17/h1-8,14H,9H2. The Morgan fingerprint density at radius 3 is 2.18 bits per heavy atom. The molecule has 1 atom stereocenters. The predicted octanol–water partition coefficient (Wildman–Crippen LogP) is 4.07. The van der Waals surface area contributed by atoms with Crippen LogP contribution in [-0.2, 0) is 0 Å². The van der Waals surface area contributed by atoms with E-state index in [4.69, 9.17) is 0 Å². The number of alkyl halides is 1. The Hall–Kier alpha value is -1.16. The monoisotopic (exact) mass is 334 g/mol. The maximum atomic E-state index is 12.4. The molecule has 84 valence electrons. The number of carbonyl (C=O) groups is 1. The summed E-state index contributed by atoms with van der Waals surface area (Å²) in [6.45, 7) is 0. The highest BCUT2D eigenvalue weighted by Gasteiger charge is 2.30. The Bertz CT molecular complexity index is 589. The lowest BCUT2D eigenvalue weighted by Gasteiger charge is -2.25. The molecule has 0 bridgehead atoms. The molecule has 0 N–H and O–H groups in total. The lowest BCUT2D eigenvalue weighted by molar-refractivity contribution is 0.0967. The van der Waals surface area contributed by atoms with Crippen molar-refractivity contribution in [2.45, 2.75) is 5.92 Å². The van der Waals surface area contributed by atoms with Crippen LogP contribution in [0.2, 0.25) is 0 Å². The summed E-state index contributed by atoms with van der Waals surface area (Å²) in [5, 5.41) is 0. The van der Waals surface area contributed by atoms with Crippen LogP contribution in [0.1, 0.15) is 21.8 Å². The van der Waals surface area contributed by atoms with Crippen LogP contribution in [0.25, 0.3) is 11.1 Å². The van der Waals surface area contributed by atoms with Crippen LogP contribution in [0.15, 0.2) is 48.5 Å². The minimum atomic E-state index is 0.0155. The normalized spacial score (nSPS) is 17.5. The second-order valence-corrected chi connectivity index (χ2v) is 5.08. The van der Waals surface area contributed by atoms with Crippen molar-refractivity contribution in [2.75, 3.05) is 4.43 Å². The van der Waals surface area contributed by atoms with Gasteiger partial charge in [0.15, 0.2) is 5.78 Å². The minimum absolute atomic E-state index is 0.0155. The van der Waals surface area contributed by atoms with Gasteiger partial charge >= 0.3 is 0 Å². The van der Waals surface area contributed by atoms with E-state index in [9.17, 15) is 4.79 Å². The highest BCUT2D eigenvalue weighted by atomic mass is 127. The zero-order valence-corrected chi connectivity index (χ0v) is 11.3. The summed E-state index contributed by atoms with van der Waals surface area (Å²) in [4.78, 5) is 12.4. The van der Waals surface area contributed by atoms with Gasteiger partial charge in [-0.05, 0) is 16.7 Å². The molecule has 17 heavy (non-hydrogen) atoms. The molecular weight excluding hydrogens is 323 g/mol. The fourth-order valence-electron chi connectivity index (χ4n) is 2.46. The lowest BCUT2D eigenvalue weighted by Crippen LogP contribution is -2.20. The smallest absolute Gasteiger partial charge is 0.171 e. The quantitative estimate of drug-likeness (QED) is 0.568. The Morgan fingerprint density at radius 2 is 1.47 bits per heavy atom. The summed E-state index contributed by atoms with van der Waals surface area (Å²) >= 11 is 2.30. The van der Waals surface area contributed by atoms with Gasteiger partial charge in [0.2, 0.25) is 0 Å². The second kappa shape index (κ2) is 4.26. The summed E-state index contributed by atoms with van der Waals surface area (Å²) in [6.07, 6.45) is 0. The van der Waals surface area contributed by atoms with Crippen molar-refractivity contribution >= 4 is 28.4 Å². The van der Waals surface area contributed by atoms with Gasteiger partial charge < -0.3 is 0 Å². The zero-order chi connectivity index (χ0) is 11.8. The number of rotatable bonds is 1. The third-order valence-corrected chi connectivity index (χ3v) is 4.17. The number of benzene rings is 2. The van der Waals surface area contributed by atoms with Crippen LogP contribution in [-0.4, -0.2) is 10.2 Å². The molecule has 2 aromatic carbocycles. The molecule has 1 aliphatic carbocycles. The molecular formula is C15H11IO. The van der Waals surface area contributed by atoms with Crippen LogP contribution in [0, 0.1) is 0 Å². The number of hydrogen-bond acceptors (Lipinski definition) is 1. The first-order valence-electron chi connectivity index (χ1n) is 5.61. The maximum absolute atomic E-state index is 12.4. The van der Waals surface area contributed by atoms with Crippen molar-refractivity contribution in [3.8, 4) is 11.1 Å². The molecule has 2 heteroatoms. The van der Waals surface area contributed by atoms with Crippen molar-refractivity contribution in [1.29, 1.82) is 0 Å². The van der Waals surface area contributed by atoms with Gasteiger partial charge in [0.1, 0.15) is 0 Å². The lowest BCUT2D eigenvalue weighted by atomic mass is 9.79. The number of halogens is 1. The summed E-state index contributed by atoms with van der Waals surface area (Å²) in [6, 6.07) is 16.1. The number of Topliss-reactive ketones (excluding diaryl/α,β-unsaturated/α-hetero) is 1. The van der Waals surface area contributed by atoms with Crippen molar-refractivity contribution in [1.82, 2.24) is 0 Å². The van der Waals surface area contributed by atoms with E-state index in [2.05, 4.69) is 34.7 Å². The topological polar surface area (TPSA) is 17.1 Å². The predicted molar refractivity (Wildman–Crippen MR) is 77.8 cm³/mol. The number of ketones is 1. The Labute approximate surface area is 114 Å². The average molecular weight is 334 g/mol. The summed E-state index contributed by atoms with van der Waals surface area (Å²) in [5.74, 6) is 0.274. The van der Waals surface area contributed by atoms with E-state index in [-0.39, 0.29) is 11.7 Å². The SMILES string of the molecule is O=C1c2ccccc2-c2ccccc2C1CI. The first-order valence-corrected chi connectivity index (χ1v) is 7.14. The van der Waals surface area contributed by atoms with Crippen molar-refractivity contribution in [3.05, 3.63) is 59.7 Å². The van der Waals surface area contributed by atoms with E-state index >= 15 is 0 Å². The average Bonchev–Trinajstić information content (AvgIpc) is 2.40. The van der Waals surface area contributed by atoms with Crippen LogP contribution >= 0.6 is 22.6 Å². The van der Waals surface area contributed by atoms with Gasteiger partial charge in [0.25, 0.3) is 0 Å². The molecule has 0 fully saturated rings. The van der Waals surface area contributed by atoms with Gasteiger partial charge in [-0.1, -0.05) is 71.1 Å². The molecule has 3 rings (SSSR count). The zero-order valence-electron chi connectivity index (χ0n) is 9.19. The molecule has 0 radical (unpaired) electrons. The van der Waals surface area contributed by atoms with Gasteiger partial charge in [0.05, 0.1) is 5.92 Å². The fourth-order valence-corrected chi connectivity index (χ4v) is 3.34. The van der Waals surface area contributed by atoms with Gasteiger partial charge in [-0.15, -0.1) is 0 Å². The molecule has 1 nitrogen and oxygen atoms in total. The first-order chi connectivity index (χ1) is 8.33. The van der Waals surface area contributed by atoms with Gasteiger partial charge in [-0.2, -0.15) is 0 Å². The Morgan fingerprint density at radius 1 is 0.882 bits per heavy atom. The van der Waals surface area contributed by atoms with Crippen LogP contribution in [0.5, 0.6) is 0 Å². The van der Waals surface area contributed by atoms with E-state index in [1.54, 1.807) is 0 Å². The molecule has 2 aromatic rings. The van der Waals surface area contributed by atoms with E-state index in [0.717, 1.165) is 15.6 Å². The maximum Gasteiger partial charge on any atom is 0.171 e. The molecule has 0 saturated carbocycles. The van der Waals surface area contributed by atoms with E-state index in [0.29, 0.717) is 0 Å². The highest BCUT2D eigenvalue weighted by molar-refractivity contribution is 14.1. The molecule has 0 aromatic heterocycles. The molecule has 0 amide bonds. The Balaban J connectivity index is 2.33. The van der Waals surface area contributed by atoms with Crippen molar-refractivity contribution in [3.63, 3.8) is 0 Å². The van der Waals surface area contributed by atoms with E-state index in [1.807, 2.05) is 36.4 Å². The van der Waals surface area contributed by atoms with Crippen LogP contribution in [0.3, 0.4) is 0 Å². The third kappa shape index (κ3) is 1.62. The first kappa shape index (κ1) is 11.0. The van der Waals surface area contributed by atoms with Crippen LogP contribution in [0.4, 0.5) is 0 Å². The molecule has 0 saturated heterocycles. The third-order valence-electron chi connectivity index (χ3n) is 3.29. The molecule has 0 aliphatic heterocycles.